The minimum Gasteiger partial charge on any atom is -0.493 e. The minimum atomic E-state index is -3.64. The van der Waals surface area contributed by atoms with Crippen LogP contribution < -0.4 is 19.5 Å². The maximum Gasteiger partial charge on any atom is 0.243 e. The second-order valence-electron chi connectivity index (χ2n) is 7.73. The lowest BCUT2D eigenvalue weighted by molar-refractivity contribution is -0.126. The molecule has 8 nitrogen and oxygen atoms in total. The van der Waals surface area contributed by atoms with Gasteiger partial charge in [0.15, 0.2) is 11.5 Å². The number of ether oxygens (including phenoxy) is 3. The molecule has 1 fully saturated rings. The first kappa shape index (κ1) is 23.9. The normalized spacial score (nSPS) is 16.9. The molecular weight excluding hydrogens is 432 g/mol. The molecule has 1 N–H and O–H groups in total. The molecular formula is C23H30N2O6S. The number of amides is 1. The number of hydrogen-bond donors (Lipinski definition) is 1. The number of rotatable bonds is 8. The Balaban J connectivity index is 1.69. The van der Waals surface area contributed by atoms with Gasteiger partial charge < -0.3 is 19.5 Å². The number of carbonyl (C=O) groups excluding carboxylic acids is 1. The number of nitrogens with one attached hydrogen (secondary N) is 1. The number of carbonyl (C=O) groups is 1. The Morgan fingerprint density at radius 3 is 2.34 bits per heavy atom. The van der Waals surface area contributed by atoms with Gasteiger partial charge in [0.05, 0.1) is 32.1 Å². The van der Waals surface area contributed by atoms with Crippen LogP contribution in [0.1, 0.15) is 24.0 Å². The average Bonchev–Trinajstić information content (AvgIpc) is 2.82. The van der Waals surface area contributed by atoms with Crippen molar-refractivity contribution in [2.24, 2.45) is 5.92 Å². The molecule has 1 aliphatic heterocycles. The number of sulfonamides is 1. The van der Waals surface area contributed by atoms with Gasteiger partial charge in [-0.2, -0.15) is 4.31 Å². The van der Waals surface area contributed by atoms with E-state index in [0.717, 1.165) is 11.1 Å². The van der Waals surface area contributed by atoms with Gasteiger partial charge in [0.2, 0.25) is 21.7 Å². The second-order valence-corrected chi connectivity index (χ2v) is 9.66. The maximum atomic E-state index is 13.0. The van der Waals surface area contributed by atoms with Crippen molar-refractivity contribution in [3.8, 4) is 17.2 Å². The molecule has 9 heteroatoms. The molecule has 1 amide bonds. The van der Waals surface area contributed by atoms with E-state index < -0.39 is 15.9 Å². The quantitative estimate of drug-likeness (QED) is 0.648. The van der Waals surface area contributed by atoms with Crippen LogP contribution in [-0.4, -0.2) is 53.0 Å². The Bertz CT molecular complexity index is 1050. The lowest BCUT2D eigenvalue weighted by atomic mass is 9.98. The summed E-state index contributed by atoms with van der Waals surface area (Å²) >= 11 is 0. The van der Waals surface area contributed by atoms with E-state index in [0.29, 0.717) is 36.6 Å². The molecule has 1 saturated heterocycles. The third-order valence-corrected chi connectivity index (χ3v) is 7.53. The molecule has 1 heterocycles. The number of benzene rings is 2. The van der Waals surface area contributed by atoms with E-state index in [1.807, 2.05) is 6.92 Å². The average molecular weight is 463 g/mol. The van der Waals surface area contributed by atoms with Crippen LogP contribution in [0, 0.1) is 12.8 Å². The number of aryl methyl sites for hydroxylation is 1. The predicted octanol–water partition coefficient (Wildman–Crippen LogP) is 2.74. The maximum absolute atomic E-state index is 13.0. The fourth-order valence-corrected chi connectivity index (χ4v) is 5.39. The molecule has 2 aromatic rings. The lowest BCUT2D eigenvalue weighted by Crippen LogP contribution is -2.45. The van der Waals surface area contributed by atoms with Crippen molar-refractivity contribution in [1.82, 2.24) is 9.62 Å². The molecule has 3 rings (SSSR count). The van der Waals surface area contributed by atoms with Crippen molar-refractivity contribution in [2.75, 3.05) is 34.4 Å². The lowest BCUT2D eigenvalue weighted by Gasteiger charge is -2.31. The van der Waals surface area contributed by atoms with Crippen molar-refractivity contribution in [3.63, 3.8) is 0 Å². The Morgan fingerprint density at radius 1 is 1.03 bits per heavy atom. The Hall–Kier alpha value is -2.78. The highest BCUT2D eigenvalue weighted by Crippen LogP contribution is 2.39. The molecule has 2 aromatic carbocycles. The van der Waals surface area contributed by atoms with Crippen molar-refractivity contribution in [1.29, 1.82) is 0 Å². The SMILES string of the molecule is COc1ccc(CNC(=O)[C@@H]2CCCN(S(=O)(=O)c3ccc(C)cc3)C2)c(OC)c1OC. The summed E-state index contributed by atoms with van der Waals surface area (Å²) < 4.78 is 43.6. The largest absolute Gasteiger partial charge is 0.493 e. The van der Waals surface area contributed by atoms with Gasteiger partial charge in [-0.15, -0.1) is 0 Å². The van der Waals surface area contributed by atoms with Crippen LogP contribution in [0.3, 0.4) is 0 Å². The van der Waals surface area contributed by atoms with E-state index in [4.69, 9.17) is 14.2 Å². The van der Waals surface area contributed by atoms with E-state index in [2.05, 4.69) is 5.32 Å². The summed E-state index contributed by atoms with van der Waals surface area (Å²) in [5.74, 6) is 0.860. The van der Waals surface area contributed by atoms with Crippen LogP contribution in [-0.2, 0) is 21.4 Å². The van der Waals surface area contributed by atoms with Crippen molar-refractivity contribution >= 4 is 15.9 Å². The van der Waals surface area contributed by atoms with E-state index in [-0.39, 0.29) is 23.9 Å². The molecule has 0 spiro atoms. The fourth-order valence-electron chi connectivity index (χ4n) is 3.86. The molecule has 1 atom stereocenters. The second kappa shape index (κ2) is 10.2. The highest BCUT2D eigenvalue weighted by Gasteiger charge is 2.33. The molecule has 0 bridgehead atoms. The van der Waals surface area contributed by atoms with Crippen LogP contribution >= 0.6 is 0 Å². The molecule has 0 aliphatic carbocycles. The van der Waals surface area contributed by atoms with Crippen LogP contribution in [0.2, 0.25) is 0 Å². The summed E-state index contributed by atoms with van der Waals surface area (Å²) in [5, 5.41) is 2.91. The Labute approximate surface area is 189 Å². The van der Waals surface area contributed by atoms with Crippen LogP contribution in [0.15, 0.2) is 41.3 Å². The van der Waals surface area contributed by atoms with Crippen molar-refractivity contribution in [3.05, 3.63) is 47.5 Å². The molecule has 0 unspecified atom stereocenters. The Morgan fingerprint density at radius 2 is 1.72 bits per heavy atom. The topological polar surface area (TPSA) is 94.2 Å². The van der Waals surface area contributed by atoms with Gasteiger partial charge in [-0.25, -0.2) is 8.42 Å². The molecule has 0 aromatic heterocycles. The number of methoxy groups -OCH3 is 3. The monoisotopic (exact) mass is 462 g/mol. The van der Waals surface area contributed by atoms with Gasteiger partial charge in [-0.3, -0.25) is 4.79 Å². The zero-order valence-electron chi connectivity index (χ0n) is 18.9. The zero-order valence-corrected chi connectivity index (χ0v) is 19.7. The van der Waals surface area contributed by atoms with Crippen LogP contribution in [0.25, 0.3) is 0 Å². The van der Waals surface area contributed by atoms with Gasteiger partial charge in [-0.05, 0) is 44.0 Å². The summed E-state index contributed by atoms with van der Waals surface area (Å²) in [7, 11) is 0.950. The highest BCUT2D eigenvalue weighted by molar-refractivity contribution is 7.89. The van der Waals surface area contributed by atoms with Crippen molar-refractivity contribution < 1.29 is 27.4 Å². The van der Waals surface area contributed by atoms with Crippen LogP contribution in [0.5, 0.6) is 17.2 Å². The number of hydrogen-bond acceptors (Lipinski definition) is 6. The third-order valence-electron chi connectivity index (χ3n) is 5.65. The van der Waals surface area contributed by atoms with Gasteiger partial charge in [-0.1, -0.05) is 17.7 Å². The molecule has 0 radical (unpaired) electrons. The van der Waals surface area contributed by atoms with E-state index in [9.17, 15) is 13.2 Å². The first-order valence-electron chi connectivity index (χ1n) is 10.4. The molecule has 0 saturated carbocycles. The van der Waals surface area contributed by atoms with E-state index >= 15 is 0 Å². The number of piperidine rings is 1. The first-order chi connectivity index (χ1) is 15.3. The predicted molar refractivity (Wildman–Crippen MR) is 121 cm³/mol. The summed E-state index contributed by atoms with van der Waals surface area (Å²) in [5.41, 5.74) is 1.73. The van der Waals surface area contributed by atoms with Crippen molar-refractivity contribution in [2.45, 2.75) is 31.2 Å². The van der Waals surface area contributed by atoms with Gasteiger partial charge >= 0.3 is 0 Å². The van der Waals surface area contributed by atoms with Gasteiger partial charge in [0, 0.05) is 25.2 Å². The summed E-state index contributed by atoms with van der Waals surface area (Å²) in [6, 6.07) is 10.3. The zero-order chi connectivity index (χ0) is 23.3. The minimum absolute atomic E-state index is 0.158. The Kier molecular flexibility index (Phi) is 7.63. The summed E-state index contributed by atoms with van der Waals surface area (Å²) in [6.45, 7) is 2.70. The molecule has 174 valence electrons. The van der Waals surface area contributed by atoms with Gasteiger partial charge in [0.1, 0.15) is 0 Å². The standard InChI is InChI=1S/C23H30N2O6S/c1-16-7-10-19(11-8-16)32(27,28)25-13-5-6-18(15-25)23(26)24-14-17-9-12-20(29-2)22(31-4)21(17)30-3/h7-12,18H,5-6,13-15H2,1-4H3,(H,24,26)/t18-/m1/s1. The van der Waals surface area contributed by atoms with Gasteiger partial charge in [0.25, 0.3) is 0 Å². The summed E-state index contributed by atoms with van der Waals surface area (Å²) in [6.07, 6.45) is 1.26. The smallest absolute Gasteiger partial charge is 0.243 e. The van der Waals surface area contributed by atoms with Crippen LogP contribution in [0.4, 0.5) is 0 Å². The molecule has 32 heavy (non-hydrogen) atoms. The molecule has 1 aliphatic rings. The fraction of sp³-hybridized carbons (Fsp3) is 0.435. The third kappa shape index (κ3) is 4.99. The highest BCUT2D eigenvalue weighted by atomic mass is 32.2. The summed E-state index contributed by atoms with van der Waals surface area (Å²) in [4.78, 5) is 13.1. The number of nitrogens with zero attached hydrogens (tertiary/aromatic N) is 1. The van der Waals surface area contributed by atoms with E-state index in [1.54, 1.807) is 36.4 Å². The first-order valence-corrected chi connectivity index (χ1v) is 11.9. The van der Waals surface area contributed by atoms with E-state index in [1.165, 1.54) is 25.6 Å².